The maximum atomic E-state index is 14.9. The van der Waals surface area contributed by atoms with Crippen LogP contribution in [0.15, 0.2) is 84.9 Å². The molecule has 192 valence electrons. The zero-order chi connectivity index (χ0) is 26.4. The fourth-order valence-corrected chi connectivity index (χ4v) is 4.31. The summed E-state index contributed by atoms with van der Waals surface area (Å²) in [5.74, 6) is -1.39. The van der Waals surface area contributed by atoms with E-state index in [0.29, 0.717) is 16.7 Å². The summed E-state index contributed by atoms with van der Waals surface area (Å²) in [6, 6.07) is 23.1. The molecule has 0 atom stereocenters. The third kappa shape index (κ3) is 6.79. The molecular weight excluding hydrogens is 476 g/mol. The first kappa shape index (κ1) is 26.5. The molecule has 0 spiro atoms. The molecule has 4 aromatic carbocycles. The molecule has 0 fully saturated rings. The lowest BCUT2D eigenvalue weighted by molar-refractivity contribution is -0.180. The topological polar surface area (TPSA) is 9.23 Å². The molecule has 4 rings (SSSR count). The van der Waals surface area contributed by atoms with E-state index in [1.807, 2.05) is 43.3 Å². The minimum Gasteiger partial charge on any atom is -0.433 e. The van der Waals surface area contributed by atoms with Gasteiger partial charge in [-0.3, -0.25) is 0 Å². The molecule has 37 heavy (non-hydrogen) atoms. The number of hydrogen-bond donors (Lipinski definition) is 0. The molecule has 0 N–H and O–H groups in total. The van der Waals surface area contributed by atoms with Gasteiger partial charge in [0.25, 0.3) is 0 Å². The highest BCUT2D eigenvalue weighted by Gasteiger charge is 2.31. The van der Waals surface area contributed by atoms with Crippen molar-refractivity contribution in [1.29, 1.82) is 0 Å². The number of benzene rings is 4. The minimum absolute atomic E-state index is 0.0133. The molecule has 0 aromatic heterocycles. The van der Waals surface area contributed by atoms with Gasteiger partial charge in [0, 0.05) is 0 Å². The zero-order valence-electron chi connectivity index (χ0n) is 21.0. The van der Waals surface area contributed by atoms with Crippen LogP contribution in [0.3, 0.4) is 0 Å². The fraction of sp³-hybridized carbons (Fsp3) is 0.250. The molecule has 0 heterocycles. The predicted molar refractivity (Wildman–Crippen MR) is 141 cm³/mol. The largest absolute Gasteiger partial charge is 0.433 e. The smallest absolute Gasteiger partial charge is 0.398 e. The molecule has 0 bridgehead atoms. The van der Waals surface area contributed by atoms with Crippen LogP contribution in [0, 0.1) is 11.6 Å². The van der Waals surface area contributed by atoms with Gasteiger partial charge in [-0.25, -0.2) is 8.78 Å². The zero-order valence-corrected chi connectivity index (χ0v) is 21.0. The standard InChI is InChI=1S/C32H30F4O/c1-3-5-23-6-8-24(9-7-23)18-19-32(35,36)37-28-16-14-25(15-17-28)27-20-29(33)31(30(34)21-27)26-12-10-22(4-2)11-13-26/h6-17,20-21H,3-5,18-19H2,1-2H3. The van der Waals surface area contributed by atoms with Crippen LogP contribution < -0.4 is 4.74 Å². The van der Waals surface area contributed by atoms with Gasteiger partial charge in [-0.1, -0.05) is 80.9 Å². The van der Waals surface area contributed by atoms with Crippen molar-refractivity contribution in [1.82, 2.24) is 0 Å². The number of ether oxygens (including phenoxy) is 1. The Morgan fingerprint density at radius 3 is 1.68 bits per heavy atom. The second-order valence-corrected chi connectivity index (χ2v) is 9.20. The van der Waals surface area contributed by atoms with Crippen molar-refractivity contribution in [3.63, 3.8) is 0 Å². The molecule has 0 aliphatic rings. The van der Waals surface area contributed by atoms with E-state index in [1.165, 1.54) is 42.0 Å². The molecule has 0 amide bonds. The summed E-state index contributed by atoms with van der Waals surface area (Å²) in [5.41, 5.74) is 4.27. The number of rotatable bonds is 10. The molecule has 0 radical (unpaired) electrons. The first-order chi connectivity index (χ1) is 17.8. The number of alkyl halides is 2. The van der Waals surface area contributed by atoms with Crippen molar-refractivity contribution >= 4 is 0 Å². The van der Waals surface area contributed by atoms with Gasteiger partial charge in [0.2, 0.25) is 0 Å². The maximum absolute atomic E-state index is 14.9. The number of halogens is 4. The van der Waals surface area contributed by atoms with Crippen molar-refractivity contribution < 1.29 is 22.3 Å². The highest BCUT2D eigenvalue weighted by molar-refractivity contribution is 5.72. The Labute approximate surface area is 215 Å². The fourth-order valence-electron chi connectivity index (χ4n) is 4.31. The van der Waals surface area contributed by atoms with Crippen LogP contribution in [0.1, 0.15) is 43.4 Å². The van der Waals surface area contributed by atoms with Crippen LogP contribution in [0.2, 0.25) is 0 Å². The summed E-state index contributed by atoms with van der Waals surface area (Å²) < 4.78 is 63.6. The van der Waals surface area contributed by atoms with Crippen LogP contribution in [0.5, 0.6) is 5.75 Å². The van der Waals surface area contributed by atoms with Crippen molar-refractivity contribution in [3.05, 3.63) is 113 Å². The first-order valence-electron chi connectivity index (χ1n) is 12.6. The van der Waals surface area contributed by atoms with E-state index in [0.717, 1.165) is 30.4 Å². The minimum atomic E-state index is -3.35. The van der Waals surface area contributed by atoms with E-state index >= 15 is 0 Å². The maximum Gasteiger partial charge on any atom is 0.398 e. The third-order valence-electron chi connectivity index (χ3n) is 6.41. The van der Waals surface area contributed by atoms with E-state index in [4.69, 9.17) is 4.74 Å². The van der Waals surface area contributed by atoms with E-state index in [1.54, 1.807) is 12.1 Å². The van der Waals surface area contributed by atoms with Crippen LogP contribution in [-0.4, -0.2) is 6.11 Å². The van der Waals surface area contributed by atoms with Crippen LogP contribution in [0.25, 0.3) is 22.3 Å². The summed E-state index contributed by atoms with van der Waals surface area (Å²) in [4.78, 5) is 0. The highest BCUT2D eigenvalue weighted by Crippen LogP contribution is 2.33. The third-order valence-corrected chi connectivity index (χ3v) is 6.41. The van der Waals surface area contributed by atoms with Gasteiger partial charge in [0.1, 0.15) is 17.4 Å². The summed E-state index contributed by atoms with van der Waals surface area (Å²) >= 11 is 0. The Bertz CT molecular complexity index is 1290. The Balaban J connectivity index is 1.42. The van der Waals surface area contributed by atoms with Crippen molar-refractivity contribution in [2.75, 3.05) is 0 Å². The highest BCUT2D eigenvalue weighted by atomic mass is 19.3. The van der Waals surface area contributed by atoms with Gasteiger partial charge in [0.05, 0.1) is 12.0 Å². The molecule has 0 saturated heterocycles. The van der Waals surface area contributed by atoms with Gasteiger partial charge >= 0.3 is 6.11 Å². The second-order valence-electron chi connectivity index (χ2n) is 9.20. The monoisotopic (exact) mass is 506 g/mol. The quantitative estimate of drug-likeness (QED) is 0.195. The average molecular weight is 507 g/mol. The second kappa shape index (κ2) is 11.6. The van der Waals surface area contributed by atoms with Crippen molar-refractivity contribution in [3.8, 4) is 28.0 Å². The Morgan fingerprint density at radius 1 is 0.622 bits per heavy atom. The lowest BCUT2D eigenvalue weighted by atomic mass is 9.98. The molecule has 0 unspecified atom stereocenters. The van der Waals surface area contributed by atoms with Crippen LogP contribution >= 0.6 is 0 Å². The van der Waals surface area contributed by atoms with E-state index in [2.05, 4.69) is 6.92 Å². The van der Waals surface area contributed by atoms with Gasteiger partial charge < -0.3 is 4.74 Å². The van der Waals surface area contributed by atoms with E-state index < -0.39 is 24.2 Å². The molecule has 0 aliphatic heterocycles. The molecule has 4 aromatic rings. The number of aryl methyl sites for hydroxylation is 3. The lowest BCUT2D eigenvalue weighted by Crippen LogP contribution is -2.25. The summed E-state index contributed by atoms with van der Waals surface area (Å²) in [5, 5.41) is 0. The normalized spacial score (nSPS) is 11.5. The molecule has 0 aliphatic carbocycles. The van der Waals surface area contributed by atoms with Gasteiger partial charge in [-0.2, -0.15) is 8.78 Å². The molecule has 0 saturated carbocycles. The molecule has 1 nitrogen and oxygen atoms in total. The van der Waals surface area contributed by atoms with Crippen molar-refractivity contribution in [2.45, 2.75) is 52.1 Å². The van der Waals surface area contributed by atoms with Gasteiger partial charge in [-0.05, 0) is 76.9 Å². The van der Waals surface area contributed by atoms with Gasteiger partial charge in [0.15, 0.2) is 0 Å². The Hall–Kier alpha value is -3.60. The van der Waals surface area contributed by atoms with Crippen molar-refractivity contribution in [2.24, 2.45) is 0 Å². The van der Waals surface area contributed by atoms with E-state index in [9.17, 15) is 17.6 Å². The van der Waals surface area contributed by atoms with Gasteiger partial charge in [-0.15, -0.1) is 0 Å². The number of hydrogen-bond acceptors (Lipinski definition) is 1. The van der Waals surface area contributed by atoms with Crippen LogP contribution in [0.4, 0.5) is 17.6 Å². The molecular formula is C32H30F4O. The SMILES string of the molecule is CCCc1ccc(CCC(F)(F)Oc2ccc(-c3cc(F)c(-c4ccc(CC)cc4)c(F)c3)cc2)cc1. The predicted octanol–water partition coefficient (Wildman–Crippen LogP) is 9.42. The van der Waals surface area contributed by atoms with Crippen LogP contribution in [-0.2, 0) is 19.3 Å². The summed E-state index contributed by atoms with van der Waals surface area (Å²) in [6.07, 6.45) is -0.791. The average Bonchev–Trinajstić information content (AvgIpc) is 2.89. The first-order valence-corrected chi connectivity index (χ1v) is 12.6. The van der Waals surface area contributed by atoms with E-state index in [-0.39, 0.29) is 17.7 Å². The summed E-state index contributed by atoms with van der Waals surface area (Å²) in [6.45, 7) is 4.10. The Morgan fingerprint density at radius 2 is 1.14 bits per heavy atom. The summed E-state index contributed by atoms with van der Waals surface area (Å²) in [7, 11) is 0. The Kier molecular flexibility index (Phi) is 8.32. The molecule has 5 heteroatoms. The lowest BCUT2D eigenvalue weighted by Gasteiger charge is -2.18.